The van der Waals surface area contributed by atoms with Crippen LogP contribution in [0.4, 0.5) is 10.5 Å². The summed E-state index contributed by atoms with van der Waals surface area (Å²) in [6, 6.07) is 2.24. The molecule has 1 aromatic rings. The van der Waals surface area contributed by atoms with Crippen LogP contribution in [0.3, 0.4) is 0 Å². The molecule has 21 heavy (non-hydrogen) atoms. The molecule has 3 N–H and O–H groups in total. The van der Waals surface area contributed by atoms with E-state index in [1.54, 1.807) is 0 Å². The largest absolute Gasteiger partial charge is 0.476 e. The molecule has 9 heteroatoms. The zero-order valence-corrected chi connectivity index (χ0v) is 11.9. The maximum atomic E-state index is 11.7. The molecule has 0 radical (unpaired) electrons. The Kier molecular flexibility index (Phi) is 4.41. The van der Waals surface area contributed by atoms with Gasteiger partial charge in [-0.1, -0.05) is 0 Å². The summed E-state index contributed by atoms with van der Waals surface area (Å²) in [4.78, 5) is 26.3. The first-order chi connectivity index (χ1) is 9.90. The lowest BCUT2D eigenvalue weighted by Gasteiger charge is -2.12. The smallest absolute Gasteiger partial charge is 0.356 e. The van der Waals surface area contributed by atoms with Crippen molar-refractivity contribution in [2.24, 2.45) is 0 Å². The monoisotopic (exact) mass is 313 g/mol. The lowest BCUT2D eigenvalue weighted by molar-refractivity contribution is 0.0691. The van der Waals surface area contributed by atoms with Crippen LogP contribution >= 0.6 is 0 Å². The molecule has 1 unspecified atom stereocenters. The van der Waals surface area contributed by atoms with Gasteiger partial charge in [0.15, 0.2) is 15.5 Å². The Morgan fingerprint density at radius 2 is 2.19 bits per heavy atom. The minimum Gasteiger partial charge on any atom is -0.476 e. The van der Waals surface area contributed by atoms with Crippen molar-refractivity contribution in [1.29, 1.82) is 0 Å². The zero-order chi connectivity index (χ0) is 15.5. The number of carbonyl (C=O) groups is 2. The molecule has 2 heterocycles. The zero-order valence-electron chi connectivity index (χ0n) is 11.1. The van der Waals surface area contributed by atoms with Crippen molar-refractivity contribution in [3.05, 3.63) is 24.0 Å². The molecule has 8 nitrogen and oxygen atoms in total. The number of nitrogens with zero attached hydrogens (tertiary/aromatic N) is 1. The standard InChI is InChI=1S/C12H15N3O5S/c16-11(17)10-9(4-1-5-13-10)15-12(18)14-7-8-3-2-6-21(8,19)20/h1,4-5,8H,2-3,6-7H2,(H,16,17)(H2,14,15,18). The number of nitrogens with one attached hydrogen (secondary N) is 2. The summed E-state index contributed by atoms with van der Waals surface area (Å²) in [6.45, 7) is 0.0107. The second-order valence-corrected chi connectivity index (χ2v) is 7.07. The van der Waals surface area contributed by atoms with Crippen LogP contribution in [0.25, 0.3) is 0 Å². The SMILES string of the molecule is O=C(NCC1CCCS1(=O)=O)Nc1cccnc1C(=O)O. The molecule has 0 spiro atoms. The number of amides is 2. The van der Waals surface area contributed by atoms with Crippen molar-refractivity contribution in [1.82, 2.24) is 10.3 Å². The summed E-state index contributed by atoms with van der Waals surface area (Å²) in [6.07, 6.45) is 2.43. The summed E-state index contributed by atoms with van der Waals surface area (Å²) >= 11 is 0. The summed E-state index contributed by atoms with van der Waals surface area (Å²) < 4.78 is 23.2. The third-order valence-electron chi connectivity index (χ3n) is 3.21. The number of pyridine rings is 1. The Morgan fingerprint density at radius 3 is 2.81 bits per heavy atom. The Labute approximate surface area is 121 Å². The number of hydrogen-bond donors (Lipinski definition) is 3. The molecule has 1 atom stereocenters. The number of aromatic carboxylic acids is 1. The number of carboxylic acids is 1. The summed E-state index contributed by atoms with van der Waals surface area (Å²) in [5, 5.41) is 13.2. The van der Waals surface area contributed by atoms with Gasteiger partial charge in [0.05, 0.1) is 16.7 Å². The van der Waals surface area contributed by atoms with E-state index in [0.29, 0.717) is 12.8 Å². The van der Waals surface area contributed by atoms with E-state index in [1.807, 2.05) is 0 Å². The molecule has 0 aromatic carbocycles. The molecule has 1 fully saturated rings. The molecule has 1 aliphatic heterocycles. The van der Waals surface area contributed by atoms with Crippen LogP contribution in [0.5, 0.6) is 0 Å². The van der Waals surface area contributed by atoms with Gasteiger partial charge in [-0.2, -0.15) is 0 Å². The van der Waals surface area contributed by atoms with Gasteiger partial charge in [-0.05, 0) is 25.0 Å². The van der Waals surface area contributed by atoms with Gasteiger partial charge in [-0.15, -0.1) is 0 Å². The van der Waals surface area contributed by atoms with Gasteiger partial charge in [-0.3, -0.25) is 0 Å². The third kappa shape index (κ3) is 3.69. The average molecular weight is 313 g/mol. The van der Waals surface area contributed by atoms with Crippen LogP contribution in [-0.2, 0) is 9.84 Å². The molecule has 1 aliphatic rings. The van der Waals surface area contributed by atoms with Gasteiger partial charge in [0.2, 0.25) is 0 Å². The number of urea groups is 1. The third-order valence-corrected chi connectivity index (χ3v) is 5.49. The fraction of sp³-hybridized carbons (Fsp3) is 0.417. The van der Waals surface area contributed by atoms with Crippen molar-refractivity contribution in [3.63, 3.8) is 0 Å². The van der Waals surface area contributed by atoms with E-state index in [4.69, 9.17) is 5.11 Å². The number of carboxylic acid groups (broad SMARTS) is 1. The number of aromatic nitrogens is 1. The van der Waals surface area contributed by atoms with E-state index in [1.165, 1.54) is 18.3 Å². The van der Waals surface area contributed by atoms with Gasteiger partial charge in [0.25, 0.3) is 0 Å². The van der Waals surface area contributed by atoms with E-state index in [2.05, 4.69) is 15.6 Å². The highest BCUT2D eigenvalue weighted by Crippen LogP contribution is 2.19. The Morgan fingerprint density at radius 1 is 1.43 bits per heavy atom. The number of hydrogen-bond acceptors (Lipinski definition) is 5. The molecular formula is C12H15N3O5S. The van der Waals surface area contributed by atoms with E-state index in [9.17, 15) is 18.0 Å². The molecule has 2 rings (SSSR count). The Bertz CT molecular complexity index is 659. The van der Waals surface area contributed by atoms with Gasteiger partial charge in [0, 0.05) is 12.7 Å². The van der Waals surface area contributed by atoms with Crippen LogP contribution in [0.1, 0.15) is 23.3 Å². The maximum Gasteiger partial charge on any atom is 0.356 e. The summed E-state index contributed by atoms with van der Waals surface area (Å²) in [5.41, 5.74) is -0.224. The average Bonchev–Trinajstić information content (AvgIpc) is 2.75. The maximum absolute atomic E-state index is 11.7. The first-order valence-corrected chi connectivity index (χ1v) is 8.06. The second-order valence-electron chi connectivity index (χ2n) is 4.67. The fourth-order valence-corrected chi connectivity index (χ4v) is 3.90. The van der Waals surface area contributed by atoms with E-state index >= 15 is 0 Å². The van der Waals surface area contributed by atoms with Crippen molar-refractivity contribution < 1.29 is 23.1 Å². The Hall–Kier alpha value is -2.16. The minimum absolute atomic E-state index is 0.0107. The number of carbonyl (C=O) groups excluding carboxylic acids is 1. The first kappa shape index (κ1) is 15.2. The fourth-order valence-electron chi connectivity index (χ4n) is 2.14. The van der Waals surface area contributed by atoms with Crippen LogP contribution in [0, 0.1) is 0 Å². The van der Waals surface area contributed by atoms with Crippen LogP contribution in [-0.4, -0.2) is 48.1 Å². The second kappa shape index (κ2) is 6.08. The van der Waals surface area contributed by atoms with Crippen LogP contribution < -0.4 is 10.6 Å². The topological polar surface area (TPSA) is 125 Å². The summed E-state index contributed by atoms with van der Waals surface area (Å²) in [5.74, 6) is -1.11. The molecule has 2 amide bonds. The lowest BCUT2D eigenvalue weighted by atomic mass is 10.2. The van der Waals surface area contributed by atoms with Gasteiger partial charge >= 0.3 is 12.0 Å². The lowest BCUT2D eigenvalue weighted by Crippen LogP contribution is -2.37. The van der Waals surface area contributed by atoms with E-state index in [-0.39, 0.29) is 23.7 Å². The molecule has 0 bridgehead atoms. The molecule has 1 saturated heterocycles. The minimum atomic E-state index is -3.13. The number of sulfone groups is 1. The normalized spacial score (nSPS) is 19.9. The first-order valence-electron chi connectivity index (χ1n) is 6.35. The predicted octanol–water partition coefficient (Wildman–Crippen LogP) is 0.478. The highest BCUT2D eigenvalue weighted by Gasteiger charge is 2.31. The van der Waals surface area contributed by atoms with Crippen molar-refractivity contribution in [3.8, 4) is 0 Å². The van der Waals surface area contributed by atoms with Crippen LogP contribution in [0.2, 0.25) is 0 Å². The highest BCUT2D eigenvalue weighted by molar-refractivity contribution is 7.92. The van der Waals surface area contributed by atoms with Crippen molar-refractivity contribution >= 4 is 27.5 Å². The highest BCUT2D eigenvalue weighted by atomic mass is 32.2. The van der Waals surface area contributed by atoms with Crippen LogP contribution in [0.15, 0.2) is 18.3 Å². The molecule has 0 aliphatic carbocycles. The summed E-state index contributed by atoms with van der Waals surface area (Å²) in [7, 11) is -3.13. The molecule has 1 aromatic heterocycles. The van der Waals surface area contributed by atoms with Gasteiger partial charge in [0.1, 0.15) is 0 Å². The van der Waals surface area contributed by atoms with Gasteiger partial charge in [-0.25, -0.2) is 23.0 Å². The molecule has 114 valence electrons. The molecule has 0 saturated carbocycles. The van der Waals surface area contributed by atoms with Gasteiger partial charge < -0.3 is 15.7 Å². The molecular weight excluding hydrogens is 298 g/mol. The number of anilines is 1. The number of rotatable bonds is 4. The quantitative estimate of drug-likeness (QED) is 0.742. The van der Waals surface area contributed by atoms with E-state index < -0.39 is 27.1 Å². The van der Waals surface area contributed by atoms with Crippen molar-refractivity contribution in [2.45, 2.75) is 18.1 Å². The van der Waals surface area contributed by atoms with E-state index in [0.717, 1.165) is 0 Å². The Balaban J connectivity index is 1.95. The van der Waals surface area contributed by atoms with Crippen molar-refractivity contribution in [2.75, 3.05) is 17.6 Å². The predicted molar refractivity (Wildman–Crippen MR) is 75.0 cm³/mol.